The highest BCUT2D eigenvalue weighted by atomic mass is 16.3. The molecule has 2 N–H and O–H groups in total. The molecule has 0 saturated carbocycles. The second-order valence-corrected chi connectivity index (χ2v) is 5.33. The number of fused-ring (bicyclic) bond motifs is 1. The summed E-state index contributed by atoms with van der Waals surface area (Å²) in [6.45, 7) is 1.84. The maximum absolute atomic E-state index is 10.6. The summed E-state index contributed by atoms with van der Waals surface area (Å²) in [6, 6.07) is 14.9. The molecule has 0 atom stereocenters. The summed E-state index contributed by atoms with van der Waals surface area (Å²) >= 11 is 0. The van der Waals surface area contributed by atoms with Crippen molar-refractivity contribution in [2.75, 3.05) is 13.1 Å². The molecule has 0 radical (unpaired) electrons. The van der Waals surface area contributed by atoms with E-state index >= 15 is 0 Å². The zero-order chi connectivity index (χ0) is 12.4. The molecule has 2 nitrogen and oxygen atoms in total. The predicted molar refractivity (Wildman–Crippen MR) is 74.7 cm³/mol. The minimum absolute atomic E-state index is 0.520. The van der Waals surface area contributed by atoms with E-state index in [0.717, 1.165) is 32.4 Å². The Morgan fingerprint density at radius 2 is 1.72 bits per heavy atom. The van der Waals surface area contributed by atoms with Crippen LogP contribution in [0, 0.1) is 0 Å². The summed E-state index contributed by atoms with van der Waals surface area (Å²) in [7, 11) is 0. The molecule has 1 fully saturated rings. The molecular weight excluding hydrogens is 222 g/mol. The first-order chi connectivity index (χ1) is 8.75. The Hall–Kier alpha value is -1.38. The molecule has 0 aromatic heterocycles. The molecule has 94 valence electrons. The Morgan fingerprint density at radius 1 is 1.00 bits per heavy atom. The average molecular weight is 241 g/mol. The number of piperidine rings is 1. The quantitative estimate of drug-likeness (QED) is 0.846. The van der Waals surface area contributed by atoms with Crippen LogP contribution in [0.4, 0.5) is 0 Å². The molecule has 0 spiro atoms. The van der Waals surface area contributed by atoms with Gasteiger partial charge in [0, 0.05) is 6.42 Å². The minimum Gasteiger partial charge on any atom is -0.389 e. The van der Waals surface area contributed by atoms with Crippen molar-refractivity contribution in [3.63, 3.8) is 0 Å². The van der Waals surface area contributed by atoms with Crippen molar-refractivity contribution in [2.24, 2.45) is 0 Å². The predicted octanol–water partition coefficient (Wildman–Crippen LogP) is 2.50. The third-order valence-corrected chi connectivity index (χ3v) is 3.88. The van der Waals surface area contributed by atoms with E-state index in [9.17, 15) is 5.11 Å². The molecule has 1 aliphatic heterocycles. The fraction of sp³-hybridized carbons (Fsp3) is 0.375. The van der Waals surface area contributed by atoms with Crippen molar-refractivity contribution < 1.29 is 5.11 Å². The smallest absolute Gasteiger partial charge is 0.0712 e. The van der Waals surface area contributed by atoms with Crippen molar-refractivity contribution in [2.45, 2.75) is 24.9 Å². The lowest BCUT2D eigenvalue weighted by atomic mass is 9.85. The average Bonchev–Trinajstić information content (AvgIpc) is 2.39. The van der Waals surface area contributed by atoms with Crippen molar-refractivity contribution >= 4 is 10.8 Å². The van der Waals surface area contributed by atoms with Crippen LogP contribution in [-0.2, 0) is 6.42 Å². The number of rotatable bonds is 2. The molecule has 0 bridgehead atoms. The van der Waals surface area contributed by atoms with Gasteiger partial charge in [-0.2, -0.15) is 0 Å². The maximum Gasteiger partial charge on any atom is 0.0712 e. The van der Waals surface area contributed by atoms with E-state index in [1.807, 2.05) is 0 Å². The van der Waals surface area contributed by atoms with Crippen LogP contribution in [0.5, 0.6) is 0 Å². The fourth-order valence-electron chi connectivity index (χ4n) is 2.80. The topological polar surface area (TPSA) is 32.3 Å². The van der Waals surface area contributed by atoms with Crippen LogP contribution in [0.2, 0.25) is 0 Å². The standard InChI is InChI=1S/C16H19NO/c18-16(7-9-17-10-8-16)12-13-5-6-14-3-1-2-4-15(14)11-13/h1-6,11,17-18H,7-10,12H2. The van der Waals surface area contributed by atoms with Crippen molar-refractivity contribution in [3.05, 3.63) is 48.0 Å². The molecule has 0 aliphatic carbocycles. The van der Waals surface area contributed by atoms with Gasteiger partial charge >= 0.3 is 0 Å². The molecule has 1 heterocycles. The van der Waals surface area contributed by atoms with E-state index in [1.54, 1.807) is 0 Å². The van der Waals surface area contributed by atoms with Crippen LogP contribution >= 0.6 is 0 Å². The number of benzene rings is 2. The van der Waals surface area contributed by atoms with Gasteiger partial charge in [-0.3, -0.25) is 0 Å². The first-order valence-electron chi connectivity index (χ1n) is 6.66. The Kier molecular flexibility index (Phi) is 3.06. The highest BCUT2D eigenvalue weighted by molar-refractivity contribution is 5.83. The molecule has 2 aromatic carbocycles. The second-order valence-electron chi connectivity index (χ2n) is 5.33. The summed E-state index contributed by atoms with van der Waals surface area (Å²) in [5, 5.41) is 16.4. The zero-order valence-corrected chi connectivity index (χ0v) is 10.5. The Labute approximate surface area is 108 Å². The number of hydrogen-bond donors (Lipinski definition) is 2. The summed E-state index contributed by atoms with van der Waals surface area (Å²) in [5.41, 5.74) is 0.714. The molecule has 3 rings (SSSR count). The van der Waals surface area contributed by atoms with Gasteiger partial charge in [-0.1, -0.05) is 42.5 Å². The molecule has 2 aromatic rings. The van der Waals surface area contributed by atoms with Crippen LogP contribution in [-0.4, -0.2) is 23.8 Å². The first kappa shape index (κ1) is 11.7. The normalized spacial score (nSPS) is 18.9. The minimum atomic E-state index is -0.520. The summed E-state index contributed by atoms with van der Waals surface area (Å²) in [6.07, 6.45) is 2.46. The molecule has 18 heavy (non-hydrogen) atoms. The Morgan fingerprint density at radius 3 is 2.50 bits per heavy atom. The highest BCUT2D eigenvalue weighted by Gasteiger charge is 2.29. The lowest BCUT2D eigenvalue weighted by Gasteiger charge is -2.32. The molecular formula is C16H19NO. The number of hydrogen-bond acceptors (Lipinski definition) is 2. The molecule has 1 aliphatic rings. The molecule has 1 saturated heterocycles. The van der Waals surface area contributed by atoms with Crippen LogP contribution in [0.15, 0.2) is 42.5 Å². The highest BCUT2D eigenvalue weighted by Crippen LogP contribution is 2.25. The maximum atomic E-state index is 10.6. The monoisotopic (exact) mass is 241 g/mol. The van der Waals surface area contributed by atoms with E-state index < -0.39 is 5.60 Å². The zero-order valence-electron chi connectivity index (χ0n) is 10.5. The largest absolute Gasteiger partial charge is 0.389 e. The second kappa shape index (κ2) is 4.71. The Bertz CT molecular complexity index is 544. The van der Waals surface area contributed by atoms with Gasteiger partial charge in [0.25, 0.3) is 0 Å². The van der Waals surface area contributed by atoms with Crippen LogP contribution < -0.4 is 5.32 Å². The SMILES string of the molecule is OC1(Cc2ccc3ccccc3c2)CCNCC1. The third kappa shape index (κ3) is 2.40. The van der Waals surface area contributed by atoms with Crippen molar-refractivity contribution in [3.8, 4) is 0 Å². The van der Waals surface area contributed by atoms with Crippen LogP contribution in [0.1, 0.15) is 18.4 Å². The van der Waals surface area contributed by atoms with Gasteiger partial charge in [0.05, 0.1) is 5.60 Å². The van der Waals surface area contributed by atoms with Gasteiger partial charge in [-0.15, -0.1) is 0 Å². The van der Waals surface area contributed by atoms with Crippen molar-refractivity contribution in [1.82, 2.24) is 5.32 Å². The lowest BCUT2D eigenvalue weighted by molar-refractivity contribution is 0.0109. The van der Waals surface area contributed by atoms with Crippen LogP contribution in [0.25, 0.3) is 10.8 Å². The van der Waals surface area contributed by atoms with Gasteiger partial charge in [0.1, 0.15) is 0 Å². The summed E-state index contributed by atoms with van der Waals surface area (Å²) in [5.74, 6) is 0. The summed E-state index contributed by atoms with van der Waals surface area (Å²) < 4.78 is 0. The lowest BCUT2D eigenvalue weighted by Crippen LogP contribution is -2.43. The van der Waals surface area contributed by atoms with Crippen LogP contribution in [0.3, 0.4) is 0 Å². The van der Waals surface area contributed by atoms with Crippen molar-refractivity contribution in [1.29, 1.82) is 0 Å². The van der Waals surface area contributed by atoms with E-state index in [-0.39, 0.29) is 0 Å². The van der Waals surface area contributed by atoms with E-state index in [0.29, 0.717) is 0 Å². The van der Waals surface area contributed by atoms with Gasteiger partial charge in [0.15, 0.2) is 0 Å². The van der Waals surface area contributed by atoms with E-state index in [4.69, 9.17) is 0 Å². The van der Waals surface area contributed by atoms with Gasteiger partial charge in [-0.05, 0) is 42.3 Å². The number of aliphatic hydroxyl groups is 1. The first-order valence-corrected chi connectivity index (χ1v) is 6.66. The third-order valence-electron chi connectivity index (χ3n) is 3.88. The molecule has 0 unspecified atom stereocenters. The number of nitrogens with one attached hydrogen (secondary N) is 1. The van der Waals surface area contributed by atoms with Gasteiger partial charge in [0.2, 0.25) is 0 Å². The Balaban J connectivity index is 1.85. The fourth-order valence-corrected chi connectivity index (χ4v) is 2.80. The van der Waals surface area contributed by atoms with Gasteiger partial charge < -0.3 is 10.4 Å². The summed E-state index contributed by atoms with van der Waals surface area (Å²) in [4.78, 5) is 0. The van der Waals surface area contributed by atoms with E-state index in [2.05, 4.69) is 47.8 Å². The molecule has 0 amide bonds. The van der Waals surface area contributed by atoms with E-state index in [1.165, 1.54) is 16.3 Å². The molecule has 2 heteroatoms. The van der Waals surface area contributed by atoms with Gasteiger partial charge in [-0.25, -0.2) is 0 Å².